The Kier molecular flexibility index (Phi) is 13.7. The Balaban J connectivity index is 0.749. The van der Waals surface area contributed by atoms with Gasteiger partial charge in [0.25, 0.3) is 0 Å². The van der Waals surface area contributed by atoms with E-state index >= 15 is 0 Å². The molecule has 14 heteroatoms. The number of aromatic hydroxyl groups is 1. The highest BCUT2D eigenvalue weighted by Gasteiger charge is 2.42. The molecule has 0 bridgehead atoms. The third-order valence-electron chi connectivity index (χ3n) is 11.3. The fourth-order valence-electron chi connectivity index (χ4n) is 8.32. The number of nitrogens with zero attached hydrogens (tertiary/aromatic N) is 2. The Labute approximate surface area is 347 Å². The number of amides is 3. The highest BCUT2D eigenvalue weighted by Crippen LogP contribution is 2.40. The van der Waals surface area contributed by atoms with Crippen LogP contribution in [0.15, 0.2) is 95.8 Å². The van der Waals surface area contributed by atoms with Crippen molar-refractivity contribution in [2.75, 3.05) is 50.4 Å². The van der Waals surface area contributed by atoms with Crippen LogP contribution in [0.4, 0.5) is 16.2 Å². The highest BCUT2D eigenvalue weighted by molar-refractivity contribution is 7.16. The van der Waals surface area contributed by atoms with Crippen molar-refractivity contribution < 1.29 is 29.3 Å². The first-order chi connectivity index (χ1) is 28.6. The van der Waals surface area contributed by atoms with Crippen LogP contribution in [0.25, 0.3) is 21.3 Å². The lowest BCUT2D eigenvalue weighted by atomic mass is 10.0. The molecule has 0 radical (unpaired) electrons. The number of hydrogen-bond acceptors (Lipinski definition) is 10. The van der Waals surface area contributed by atoms with Gasteiger partial charge in [0.1, 0.15) is 17.4 Å². The number of carbonyl (C=O) groups is 3. The van der Waals surface area contributed by atoms with Crippen molar-refractivity contribution in [2.24, 2.45) is 11.8 Å². The number of anilines is 2. The topological polar surface area (TPSA) is 176 Å². The number of rotatable bonds is 17. The number of aliphatic hydroxyl groups excluding tert-OH is 1. The Hall–Kier alpha value is -5.54. The molecule has 1 saturated carbocycles. The summed E-state index contributed by atoms with van der Waals surface area (Å²) in [5, 5.41) is 29.9. The fraction of sp³-hybridized carbons (Fsp3) is 0.378. The monoisotopic (exact) mass is 820 g/mol. The molecule has 4 aromatic carbocycles. The molecule has 13 nitrogen and oxygen atoms in total. The molecule has 1 aliphatic carbocycles. The van der Waals surface area contributed by atoms with Gasteiger partial charge in [-0.25, -0.2) is 4.79 Å². The van der Waals surface area contributed by atoms with Crippen LogP contribution in [-0.2, 0) is 20.9 Å². The molecule has 1 saturated heterocycles. The van der Waals surface area contributed by atoms with Crippen LogP contribution in [0, 0.1) is 11.8 Å². The number of aromatic nitrogens is 1. The van der Waals surface area contributed by atoms with E-state index in [0.29, 0.717) is 72.2 Å². The molecule has 2 heterocycles. The third kappa shape index (κ3) is 10.9. The van der Waals surface area contributed by atoms with Crippen LogP contribution in [0.2, 0.25) is 0 Å². The van der Waals surface area contributed by atoms with E-state index in [9.17, 15) is 29.4 Å². The largest absolute Gasteiger partial charge is 0.506 e. The van der Waals surface area contributed by atoms with Gasteiger partial charge in [-0.2, -0.15) is 0 Å². The number of benzene rings is 4. The molecule has 3 amide bonds. The van der Waals surface area contributed by atoms with E-state index in [1.807, 2.05) is 85.9 Å². The molecule has 6 N–H and O–H groups in total. The fourth-order valence-corrected chi connectivity index (χ4v) is 9.24. The van der Waals surface area contributed by atoms with Crippen LogP contribution >= 0.6 is 11.3 Å². The minimum atomic E-state index is -0.888. The SMILES string of the molecule is CN(CCCCC(=O)Nc1cccc(CNC[C@H](O)c2ccc(O)c3[nH]c(=O)sc23)c1)C(=O)CCN1C[C@H]2C[C@H](OC(=O)Nc3ccccc3-c3ccccc3)C[C@H]2C1. The number of H-pyrrole nitrogens is 1. The van der Waals surface area contributed by atoms with Crippen molar-refractivity contribution in [1.82, 2.24) is 20.1 Å². The third-order valence-corrected chi connectivity index (χ3v) is 12.3. The van der Waals surface area contributed by atoms with Crippen LogP contribution in [0.3, 0.4) is 0 Å². The Morgan fingerprint density at radius 2 is 1.69 bits per heavy atom. The summed E-state index contributed by atoms with van der Waals surface area (Å²) < 4.78 is 6.40. The number of fused-ring (bicyclic) bond motifs is 2. The predicted molar refractivity (Wildman–Crippen MR) is 230 cm³/mol. The number of hydrogen-bond donors (Lipinski definition) is 6. The summed E-state index contributed by atoms with van der Waals surface area (Å²) in [6, 6.07) is 28.3. The summed E-state index contributed by atoms with van der Waals surface area (Å²) in [5.41, 5.74) is 5.19. The first-order valence-electron chi connectivity index (χ1n) is 20.3. The minimum absolute atomic E-state index is 0.0371. The number of unbranched alkanes of at least 4 members (excludes halogenated alkanes) is 1. The van der Waals surface area contributed by atoms with Gasteiger partial charge in [0.15, 0.2) is 0 Å². The van der Waals surface area contributed by atoms with Crippen LogP contribution in [-0.4, -0.2) is 88.8 Å². The molecule has 5 aromatic rings. The number of aromatic amines is 1. The zero-order valence-electron chi connectivity index (χ0n) is 33.2. The number of phenolic OH excluding ortho intramolecular Hbond substituents is 1. The van der Waals surface area contributed by atoms with Gasteiger partial charge < -0.3 is 40.4 Å². The normalized spacial score (nSPS) is 18.0. The molecule has 1 aliphatic heterocycles. The standard InChI is InChI=1S/C45H52N6O7S/c1-50(20-8-7-16-40(54)47-33-13-9-10-29(22-33)25-46-26-39(53)36-17-18-38(52)42-43(36)59-45(57)49-42)41(55)19-21-51-27-31-23-34(24-32(31)28-51)58-44(56)48-37-15-6-5-14-35(37)30-11-3-2-4-12-30/h2-6,9-15,17-18,22,31-32,34,39,46,52-53H,7-8,16,19-21,23-28H2,1H3,(H,47,54)(H,48,56)(H,49,57)/t31-,32+,34+,39-/m0/s1. The zero-order valence-corrected chi connectivity index (χ0v) is 34.0. The van der Waals surface area contributed by atoms with Gasteiger partial charge in [-0.1, -0.05) is 78.1 Å². The van der Waals surface area contributed by atoms with Crippen molar-refractivity contribution in [3.8, 4) is 16.9 Å². The number of para-hydroxylation sites is 1. The number of phenols is 1. The Morgan fingerprint density at radius 1 is 0.932 bits per heavy atom. The van der Waals surface area contributed by atoms with Gasteiger partial charge in [0.2, 0.25) is 11.8 Å². The quantitative estimate of drug-likeness (QED) is 0.0558. The summed E-state index contributed by atoms with van der Waals surface area (Å²) in [6.45, 7) is 3.77. The molecular weight excluding hydrogens is 769 g/mol. The number of ether oxygens (including phenoxy) is 1. The van der Waals surface area contributed by atoms with Gasteiger partial charge in [0, 0.05) is 76.0 Å². The molecule has 1 aromatic heterocycles. The highest BCUT2D eigenvalue weighted by atomic mass is 32.1. The predicted octanol–water partition coefficient (Wildman–Crippen LogP) is 6.70. The van der Waals surface area contributed by atoms with E-state index in [-0.39, 0.29) is 35.1 Å². The Bertz CT molecular complexity index is 2280. The van der Waals surface area contributed by atoms with E-state index < -0.39 is 12.2 Å². The molecule has 4 atom stereocenters. The average Bonchev–Trinajstić information content (AvgIpc) is 3.92. The lowest BCUT2D eigenvalue weighted by molar-refractivity contribution is -0.130. The Morgan fingerprint density at radius 3 is 2.49 bits per heavy atom. The summed E-state index contributed by atoms with van der Waals surface area (Å²) in [5.74, 6) is 0.863. The maximum atomic E-state index is 13.0. The van der Waals surface area contributed by atoms with E-state index in [2.05, 4.69) is 25.8 Å². The van der Waals surface area contributed by atoms with Crippen molar-refractivity contribution in [2.45, 2.75) is 57.3 Å². The van der Waals surface area contributed by atoms with Crippen LogP contribution in [0.5, 0.6) is 5.75 Å². The summed E-state index contributed by atoms with van der Waals surface area (Å²) in [6.07, 6.45) is 2.39. The minimum Gasteiger partial charge on any atom is -0.506 e. The van der Waals surface area contributed by atoms with Crippen molar-refractivity contribution >= 4 is 50.8 Å². The van der Waals surface area contributed by atoms with Gasteiger partial charge in [-0.05, 0) is 72.9 Å². The molecule has 59 heavy (non-hydrogen) atoms. The van der Waals surface area contributed by atoms with Gasteiger partial charge >= 0.3 is 11.0 Å². The number of aliphatic hydroxyl groups is 1. The second-order valence-corrected chi connectivity index (χ2v) is 16.6. The van der Waals surface area contributed by atoms with Gasteiger partial charge in [-0.15, -0.1) is 0 Å². The molecule has 0 spiro atoms. The first kappa shape index (κ1) is 41.6. The van der Waals surface area contributed by atoms with Crippen LogP contribution < -0.4 is 20.8 Å². The number of likely N-dealkylation sites (tertiary alicyclic amines) is 1. The van der Waals surface area contributed by atoms with Crippen molar-refractivity contribution in [1.29, 1.82) is 0 Å². The van der Waals surface area contributed by atoms with E-state index in [4.69, 9.17) is 4.74 Å². The summed E-state index contributed by atoms with van der Waals surface area (Å²) in [7, 11) is 1.82. The second kappa shape index (κ2) is 19.5. The van der Waals surface area contributed by atoms with E-state index in [1.54, 1.807) is 11.0 Å². The smallest absolute Gasteiger partial charge is 0.411 e. The molecular formula is C45H52N6O7S. The molecule has 310 valence electrons. The van der Waals surface area contributed by atoms with Crippen molar-refractivity contribution in [3.05, 3.63) is 112 Å². The summed E-state index contributed by atoms with van der Waals surface area (Å²) >= 11 is 0.948. The first-order valence-corrected chi connectivity index (χ1v) is 21.1. The van der Waals surface area contributed by atoms with Crippen LogP contribution in [0.1, 0.15) is 55.8 Å². The lowest BCUT2D eigenvalue weighted by Crippen LogP contribution is -2.33. The molecule has 2 aliphatic rings. The lowest BCUT2D eigenvalue weighted by Gasteiger charge is -2.21. The molecule has 7 rings (SSSR count). The number of nitrogens with one attached hydrogen (secondary N) is 4. The zero-order chi connectivity index (χ0) is 41.3. The average molecular weight is 821 g/mol. The summed E-state index contributed by atoms with van der Waals surface area (Å²) in [4.78, 5) is 56.8. The maximum absolute atomic E-state index is 13.0. The van der Waals surface area contributed by atoms with Crippen molar-refractivity contribution in [3.63, 3.8) is 0 Å². The molecule has 2 fully saturated rings. The second-order valence-electron chi connectivity index (χ2n) is 15.6. The number of carbonyl (C=O) groups excluding carboxylic acids is 3. The number of thiazole rings is 1. The van der Waals surface area contributed by atoms with E-state index in [1.165, 1.54) is 6.07 Å². The molecule has 0 unspecified atom stereocenters. The van der Waals surface area contributed by atoms with E-state index in [0.717, 1.165) is 66.1 Å². The van der Waals surface area contributed by atoms with Gasteiger partial charge in [-0.3, -0.25) is 19.7 Å². The van der Waals surface area contributed by atoms with Gasteiger partial charge in [0.05, 0.1) is 16.5 Å². The maximum Gasteiger partial charge on any atom is 0.411 e.